The van der Waals surface area contributed by atoms with Crippen molar-refractivity contribution in [2.45, 2.75) is 53.9 Å². The lowest BCUT2D eigenvalue weighted by atomic mass is 10.1. The van der Waals surface area contributed by atoms with Crippen LogP contribution >= 0.6 is 0 Å². The van der Waals surface area contributed by atoms with Crippen LogP contribution < -0.4 is 5.32 Å². The number of nitrogens with one attached hydrogen (secondary N) is 1. The van der Waals surface area contributed by atoms with Crippen LogP contribution in [0, 0.1) is 0 Å². The first-order valence-electron chi connectivity index (χ1n) is 8.67. The maximum atomic E-state index is 11.4. The highest BCUT2D eigenvalue weighted by Gasteiger charge is 2.03. The van der Waals surface area contributed by atoms with E-state index in [0.717, 1.165) is 18.5 Å². The van der Waals surface area contributed by atoms with E-state index < -0.39 is 0 Å². The summed E-state index contributed by atoms with van der Waals surface area (Å²) in [5, 5.41) is 3.06. The van der Waals surface area contributed by atoms with Crippen molar-refractivity contribution in [2.75, 3.05) is 25.6 Å². The molecule has 138 valence electrons. The second-order valence-electron chi connectivity index (χ2n) is 4.36. The van der Waals surface area contributed by atoms with E-state index in [2.05, 4.69) is 10.1 Å². The molecule has 1 aromatic carbocycles. The zero-order chi connectivity index (χ0) is 18.8. The van der Waals surface area contributed by atoms with Crippen LogP contribution in [0.4, 0.5) is 5.69 Å². The van der Waals surface area contributed by atoms with E-state index in [9.17, 15) is 9.59 Å². The summed E-state index contributed by atoms with van der Waals surface area (Å²) >= 11 is 0. The van der Waals surface area contributed by atoms with Crippen molar-refractivity contribution in [3.8, 4) is 0 Å². The minimum atomic E-state index is -0.369. The Bertz CT molecular complexity index is 429. The first-order valence-corrected chi connectivity index (χ1v) is 8.67. The third kappa shape index (κ3) is 13.6. The molecule has 0 aliphatic heterocycles. The standard InChI is InChI=1S/C15H21NO4.2C2H6/c1-12(17)19-10-11-20-15(18)5-3-4-13-6-8-14(16-2)9-7-13;2*1-2/h6-9,16H,3-5,10-11H2,1-2H3;2*1-2H3. The van der Waals surface area contributed by atoms with Gasteiger partial charge < -0.3 is 14.8 Å². The van der Waals surface area contributed by atoms with Crippen molar-refractivity contribution in [1.29, 1.82) is 0 Å². The fourth-order valence-electron chi connectivity index (χ4n) is 1.69. The molecule has 5 nitrogen and oxygen atoms in total. The highest BCUT2D eigenvalue weighted by Crippen LogP contribution is 2.11. The number of hydrogen-bond donors (Lipinski definition) is 1. The molecule has 1 rings (SSSR count). The monoisotopic (exact) mass is 339 g/mol. The molecular formula is C19H33NO4. The van der Waals surface area contributed by atoms with Gasteiger partial charge in [0.25, 0.3) is 0 Å². The molecule has 0 radical (unpaired) electrons. The molecule has 0 amide bonds. The van der Waals surface area contributed by atoms with Gasteiger partial charge in [-0.2, -0.15) is 0 Å². The summed E-state index contributed by atoms with van der Waals surface area (Å²) in [5.74, 6) is -0.630. The molecule has 0 saturated heterocycles. The van der Waals surface area contributed by atoms with Gasteiger partial charge in [-0.1, -0.05) is 39.8 Å². The largest absolute Gasteiger partial charge is 0.462 e. The summed E-state index contributed by atoms with van der Waals surface area (Å²) < 4.78 is 9.61. The maximum Gasteiger partial charge on any atom is 0.305 e. The predicted octanol–water partition coefficient (Wildman–Crippen LogP) is 4.21. The fourth-order valence-corrected chi connectivity index (χ4v) is 1.69. The quantitative estimate of drug-likeness (QED) is 0.568. The van der Waals surface area contributed by atoms with Crippen molar-refractivity contribution in [1.82, 2.24) is 0 Å². The Hall–Kier alpha value is -2.04. The summed E-state index contributed by atoms with van der Waals surface area (Å²) in [6.45, 7) is 9.56. The summed E-state index contributed by atoms with van der Waals surface area (Å²) in [4.78, 5) is 21.9. The van der Waals surface area contributed by atoms with Gasteiger partial charge in [-0.3, -0.25) is 9.59 Å². The van der Waals surface area contributed by atoms with Crippen LogP contribution in [-0.2, 0) is 25.5 Å². The molecule has 0 aromatic heterocycles. The molecule has 1 aromatic rings. The Balaban J connectivity index is 0. The lowest BCUT2D eigenvalue weighted by molar-refractivity contribution is -0.151. The highest BCUT2D eigenvalue weighted by atomic mass is 16.6. The molecule has 0 atom stereocenters. The van der Waals surface area contributed by atoms with Gasteiger partial charge >= 0.3 is 11.9 Å². The van der Waals surface area contributed by atoms with E-state index in [1.807, 2.05) is 59.0 Å². The third-order valence-electron chi connectivity index (χ3n) is 2.74. The summed E-state index contributed by atoms with van der Waals surface area (Å²) in [5.41, 5.74) is 2.26. The second-order valence-corrected chi connectivity index (χ2v) is 4.36. The van der Waals surface area contributed by atoms with Gasteiger partial charge in [0.2, 0.25) is 0 Å². The van der Waals surface area contributed by atoms with Gasteiger partial charge in [0.1, 0.15) is 13.2 Å². The predicted molar refractivity (Wildman–Crippen MR) is 99.2 cm³/mol. The molecular weight excluding hydrogens is 306 g/mol. The fraction of sp³-hybridized carbons (Fsp3) is 0.579. The SMILES string of the molecule is CC.CC.CNc1ccc(CCCC(=O)OCCOC(C)=O)cc1. The van der Waals surface area contributed by atoms with Gasteiger partial charge in [0.05, 0.1) is 0 Å². The van der Waals surface area contributed by atoms with Crippen molar-refractivity contribution in [2.24, 2.45) is 0 Å². The van der Waals surface area contributed by atoms with Gasteiger partial charge in [-0.15, -0.1) is 0 Å². The molecule has 0 saturated carbocycles. The number of benzene rings is 1. The van der Waals surface area contributed by atoms with E-state index >= 15 is 0 Å². The highest BCUT2D eigenvalue weighted by molar-refractivity contribution is 5.69. The van der Waals surface area contributed by atoms with Crippen molar-refractivity contribution in [3.05, 3.63) is 29.8 Å². The van der Waals surface area contributed by atoms with Crippen LogP contribution in [0.25, 0.3) is 0 Å². The molecule has 0 aliphatic carbocycles. The average Bonchev–Trinajstić information content (AvgIpc) is 2.62. The number of hydrogen-bond acceptors (Lipinski definition) is 5. The maximum absolute atomic E-state index is 11.4. The lowest BCUT2D eigenvalue weighted by Crippen LogP contribution is -2.12. The topological polar surface area (TPSA) is 64.6 Å². The Morgan fingerprint density at radius 2 is 1.50 bits per heavy atom. The zero-order valence-corrected chi connectivity index (χ0v) is 16.0. The molecule has 0 unspecified atom stereocenters. The van der Waals surface area contributed by atoms with Gasteiger partial charge in [-0.05, 0) is 30.5 Å². The first kappa shape index (κ1) is 24.2. The summed E-state index contributed by atoms with van der Waals surface area (Å²) in [6, 6.07) is 8.09. The summed E-state index contributed by atoms with van der Waals surface area (Å²) in [6.07, 6.45) is 1.95. The van der Waals surface area contributed by atoms with Crippen LogP contribution in [0.3, 0.4) is 0 Å². The van der Waals surface area contributed by atoms with Crippen LogP contribution in [0.15, 0.2) is 24.3 Å². The minimum absolute atomic E-state index is 0.118. The molecule has 24 heavy (non-hydrogen) atoms. The molecule has 5 heteroatoms. The lowest BCUT2D eigenvalue weighted by Gasteiger charge is -2.06. The van der Waals surface area contributed by atoms with E-state index in [4.69, 9.17) is 4.74 Å². The summed E-state index contributed by atoms with van der Waals surface area (Å²) in [7, 11) is 1.88. The van der Waals surface area contributed by atoms with E-state index in [1.165, 1.54) is 12.5 Å². The first-order chi connectivity index (χ1) is 11.6. The van der Waals surface area contributed by atoms with Crippen molar-refractivity contribution < 1.29 is 19.1 Å². The Morgan fingerprint density at radius 3 is 2.00 bits per heavy atom. The van der Waals surface area contributed by atoms with E-state index in [1.54, 1.807) is 0 Å². The smallest absolute Gasteiger partial charge is 0.305 e. The third-order valence-corrected chi connectivity index (χ3v) is 2.74. The Kier molecular flexibility index (Phi) is 17.5. The normalized spacial score (nSPS) is 8.75. The number of aryl methyl sites for hydroxylation is 1. The molecule has 0 heterocycles. The number of esters is 2. The molecule has 1 N–H and O–H groups in total. The van der Waals surface area contributed by atoms with Gasteiger partial charge in [0, 0.05) is 26.1 Å². The van der Waals surface area contributed by atoms with Crippen LogP contribution in [0.2, 0.25) is 0 Å². The molecule has 0 fully saturated rings. The van der Waals surface area contributed by atoms with Crippen molar-refractivity contribution in [3.63, 3.8) is 0 Å². The number of carbonyl (C=O) groups excluding carboxylic acids is 2. The van der Waals surface area contributed by atoms with E-state index in [0.29, 0.717) is 6.42 Å². The second kappa shape index (κ2) is 17.3. The van der Waals surface area contributed by atoms with Gasteiger partial charge in [0.15, 0.2) is 0 Å². The van der Waals surface area contributed by atoms with E-state index in [-0.39, 0.29) is 25.2 Å². The molecule has 0 bridgehead atoms. The van der Waals surface area contributed by atoms with Crippen LogP contribution in [-0.4, -0.2) is 32.2 Å². The average molecular weight is 339 g/mol. The van der Waals surface area contributed by atoms with Crippen molar-refractivity contribution >= 4 is 17.6 Å². The van der Waals surface area contributed by atoms with Crippen LogP contribution in [0.1, 0.15) is 53.0 Å². The van der Waals surface area contributed by atoms with Crippen LogP contribution in [0.5, 0.6) is 0 Å². The molecule has 0 spiro atoms. The Morgan fingerprint density at radius 1 is 0.958 bits per heavy atom. The van der Waals surface area contributed by atoms with Gasteiger partial charge in [-0.25, -0.2) is 0 Å². The number of rotatable bonds is 8. The minimum Gasteiger partial charge on any atom is -0.462 e. The Labute approximate surface area is 146 Å². The zero-order valence-electron chi connectivity index (χ0n) is 16.0. The number of carbonyl (C=O) groups is 2. The number of ether oxygens (including phenoxy) is 2. The number of anilines is 1. The molecule has 0 aliphatic rings.